The first-order valence-electron chi connectivity index (χ1n) is 8.32. The van der Waals surface area contributed by atoms with Crippen molar-refractivity contribution in [2.24, 2.45) is 5.41 Å². The Balaban J connectivity index is 1.99. The van der Waals surface area contributed by atoms with Gasteiger partial charge in [-0.05, 0) is 12.3 Å². The molecule has 0 spiro atoms. The maximum Gasteiger partial charge on any atom is 0.237 e. The largest absolute Gasteiger partial charge is 0.353 e. The van der Waals surface area contributed by atoms with Gasteiger partial charge in [0.05, 0.1) is 29.7 Å². The number of hydrogen-bond acceptors (Lipinski definition) is 5. The van der Waals surface area contributed by atoms with E-state index in [0.717, 1.165) is 23.8 Å². The molecule has 0 radical (unpaired) electrons. The molecule has 0 bridgehead atoms. The van der Waals surface area contributed by atoms with Gasteiger partial charge in [-0.25, -0.2) is 4.98 Å². The molecule has 0 aliphatic carbocycles. The highest BCUT2D eigenvalue weighted by atomic mass is 32.1. The van der Waals surface area contributed by atoms with Crippen molar-refractivity contribution in [3.8, 4) is 0 Å². The Bertz CT molecular complexity index is 594. The summed E-state index contributed by atoms with van der Waals surface area (Å²) >= 11 is 1.58. The molecule has 134 valence electrons. The van der Waals surface area contributed by atoms with E-state index in [9.17, 15) is 9.59 Å². The summed E-state index contributed by atoms with van der Waals surface area (Å²) in [6.45, 7) is 11.1. The number of hydrogen-bond donors (Lipinski definition) is 1. The Morgan fingerprint density at radius 2 is 2.21 bits per heavy atom. The summed E-state index contributed by atoms with van der Waals surface area (Å²) in [5.41, 5.74) is 0.983. The van der Waals surface area contributed by atoms with Crippen LogP contribution in [0.4, 0.5) is 0 Å². The lowest BCUT2D eigenvalue weighted by atomic mass is 9.94. The predicted molar refractivity (Wildman–Crippen MR) is 95.8 cm³/mol. The lowest BCUT2D eigenvalue weighted by molar-refractivity contribution is -0.138. The van der Waals surface area contributed by atoms with E-state index in [1.54, 1.807) is 23.3 Å². The van der Waals surface area contributed by atoms with Crippen LogP contribution in [0.25, 0.3) is 0 Å². The van der Waals surface area contributed by atoms with E-state index in [1.807, 2.05) is 12.3 Å². The average Bonchev–Trinajstić information content (AvgIpc) is 2.86. The maximum atomic E-state index is 12.6. The highest BCUT2D eigenvalue weighted by molar-refractivity contribution is 7.09. The first-order chi connectivity index (χ1) is 11.2. The summed E-state index contributed by atoms with van der Waals surface area (Å²) < 4.78 is 0. The van der Waals surface area contributed by atoms with Crippen molar-refractivity contribution in [3.05, 3.63) is 16.1 Å². The topological polar surface area (TPSA) is 65.5 Å². The Kier molecular flexibility index (Phi) is 5.98. The van der Waals surface area contributed by atoms with Gasteiger partial charge in [0.15, 0.2) is 0 Å². The van der Waals surface area contributed by atoms with E-state index >= 15 is 0 Å². The van der Waals surface area contributed by atoms with E-state index in [0.29, 0.717) is 13.1 Å². The number of carbonyl (C=O) groups excluding carboxylic acids is 2. The summed E-state index contributed by atoms with van der Waals surface area (Å²) in [5.74, 6) is -0.0710. The Morgan fingerprint density at radius 3 is 2.79 bits per heavy atom. The second-order valence-corrected chi connectivity index (χ2v) is 8.71. The SMILES string of the molecule is Cc1nc(CN(C)C(=O)CC2C(=O)NCCN2CC(C)(C)C)cs1. The molecule has 6 nitrogen and oxygen atoms in total. The Labute approximate surface area is 148 Å². The number of amides is 2. The molecule has 7 heteroatoms. The number of piperazine rings is 1. The predicted octanol–water partition coefficient (Wildman–Crippen LogP) is 1.65. The zero-order valence-electron chi connectivity index (χ0n) is 15.3. The van der Waals surface area contributed by atoms with E-state index in [1.165, 1.54) is 0 Å². The van der Waals surface area contributed by atoms with Crippen LogP contribution in [-0.4, -0.2) is 59.3 Å². The fraction of sp³-hybridized carbons (Fsp3) is 0.706. The van der Waals surface area contributed by atoms with Crippen molar-refractivity contribution in [1.82, 2.24) is 20.1 Å². The van der Waals surface area contributed by atoms with Crippen molar-refractivity contribution in [1.29, 1.82) is 0 Å². The van der Waals surface area contributed by atoms with Crippen LogP contribution in [0.15, 0.2) is 5.38 Å². The number of carbonyl (C=O) groups is 2. The summed E-state index contributed by atoms with van der Waals surface area (Å²) in [6, 6.07) is -0.384. The van der Waals surface area contributed by atoms with Gasteiger partial charge < -0.3 is 10.2 Å². The molecule has 0 saturated carbocycles. The van der Waals surface area contributed by atoms with Gasteiger partial charge in [-0.1, -0.05) is 20.8 Å². The lowest BCUT2D eigenvalue weighted by Crippen LogP contribution is -2.58. The van der Waals surface area contributed by atoms with Gasteiger partial charge in [-0.15, -0.1) is 11.3 Å². The molecule has 1 unspecified atom stereocenters. The maximum absolute atomic E-state index is 12.6. The first-order valence-corrected chi connectivity index (χ1v) is 9.20. The molecule has 1 atom stereocenters. The van der Waals surface area contributed by atoms with Crippen molar-refractivity contribution in [2.45, 2.75) is 46.7 Å². The standard InChI is InChI=1S/C17H28N4O2S/c1-12-19-13(10-24-12)9-20(5)15(22)8-14-16(23)18-6-7-21(14)11-17(2,3)4/h10,14H,6-9,11H2,1-5H3,(H,18,23). The van der Waals surface area contributed by atoms with Gasteiger partial charge in [0, 0.05) is 32.1 Å². The molecule has 0 aromatic carbocycles. The highest BCUT2D eigenvalue weighted by Crippen LogP contribution is 2.20. The molecule has 1 saturated heterocycles. The van der Waals surface area contributed by atoms with Crippen LogP contribution < -0.4 is 5.32 Å². The molecule has 1 N–H and O–H groups in total. The summed E-state index contributed by atoms with van der Waals surface area (Å²) in [7, 11) is 1.77. The Hall–Kier alpha value is -1.47. The molecule has 1 aromatic heterocycles. The van der Waals surface area contributed by atoms with Crippen LogP contribution in [0.3, 0.4) is 0 Å². The second kappa shape index (κ2) is 7.61. The van der Waals surface area contributed by atoms with Crippen LogP contribution in [0.2, 0.25) is 0 Å². The van der Waals surface area contributed by atoms with Gasteiger partial charge in [0.2, 0.25) is 11.8 Å². The molecule has 1 fully saturated rings. The third-order valence-corrected chi connectivity index (χ3v) is 4.80. The van der Waals surface area contributed by atoms with Gasteiger partial charge in [-0.3, -0.25) is 14.5 Å². The molecular formula is C17H28N4O2S. The summed E-state index contributed by atoms with van der Waals surface area (Å²) in [4.78, 5) is 33.0. The minimum Gasteiger partial charge on any atom is -0.353 e. The molecule has 2 heterocycles. The van der Waals surface area contributed by atoms with Crippen LogP contribution in [0, 0.1) is 12.3 Å². The zero-order chi connectivity index (χ0) is 17.9. The van der Waals surface area contributed by atoms with Crippen LogP contribution in [-0.2, 0) is 16.1 Å². The molecule has 2 rings (SSSR count). The number of thiazole rings is 1. The van der Waals surface area contributed by atoms with Gasteiger partial charge in [0.25, 0.3) is 0 Å². The molecular weight excluding hydrogens is 324 g/mol. The molecule has 1 aliphatic rings. The monoisotopic (exact) mass is 352 g/mol. The van der Waals surface area contributed by atoms with Gasteiger partial charge >= 0.3 is 0 Å². The summed E-state index contributed by atoms with van der Waals surface area (Å²) in [5, 5.41) is 5.85. The van der Waals surface area contributed by atoms with Gasteiger partial charge in [-0.2, -0.15) is 0 Å². The van der Waals surface area contributed by atoms with Crippen LogP contribution in [0.5, 0.6) is 0 Å². The quantitative estimate of drug-likeness (QED) is 0.875. The van der Waals surface area contributed by atoms with Crippen LogP contribution >= 0.6 is 11.3 Å². The smallest absolute Gasteiger partial charge is 0.237 e. The Morgan fingerprint density at radius 1 is 1.50 bits per heavy atom. The minimum atomic E-state index is -0.384. The molecule has 1 aliphatic heterocycles. The van der Waals surface area contributed by atoms with Crippen molar-refractivity contribution in [3.63, 3.8) is 0 Å². The first kappa shape index (κ1) is 18.9. The molecule has 1 aromatic rings. The fourth-order valence-electron chi connectivity index (χ4n) is 2.92. The van der Waals surface area contributed by atoms with E-state index in [2.05, 4.69) is 36.0 Å². The van der Waals surface area contributed by atoms with Gasteiger partial charge in [0.1, 0.15) is 0 Å². The minimum absolute atomic E-state index is 0.0263. The number of nitrogens with zero attached hydrogens (tertiary/aromatic N) is 3. The lowest BCUT2D eigenvalue weighted by Gasteiger charge is -2.38. The average molecular weight is 353 g/mol. The van der Waals surface area contributed by atoms with E-state index < -0.39 is 0 Å². The normalized spacial score (nSPS) is 19.2. The van der Waals surface area contributed by atoms with E-state index in [-0.39, 0.29) is 29.7 Å². The number of aromatic nitrogens is 1. The summed E-state index contributed by atoms with van der Waals surface area (Å²) in [6.07, 6.45) is 0.210. The number of rotatable bonds is 5. The van der Waals surface area contributed by atoms with Crippen molar-refractivity contribution in [2.75, 3.05) is 26.7 Å². The number of nitrogens with one attached hydrogen (secondary N) is 1. The zero-order valence-corrected chi connectivity index (χ0v) is 16.1. The second-order valence-electron chi connectivity index (χ2n) is 7.65. The van der Waals surface area contributed by atoms with Crippen LogP contribution in [0.1, 0.15) is 37.9 Å². The van der Waals surface area contributed by atoms with Crippen molar-refractivity contribution < 1.29 is 9.59 Å². The highest BCUT2D eigenvalue weighted by Gasteiger charge is 2.34. The number of aryl methyl sites for hydroxylation is 1. The van der Waals surface area contributed by atoms with E-state index in [4.69, 9.17) is 0 Å². The van der Waals surface area contributed by atoms with Crippen molar-refractivity contribution >= 4 is 23.2 Å². The molecule has 2 amide bonds. The molecule has 24 heavy (non-hydrogen) atoms. The fourth-order valence-corrected chi connectivity index (χ4v) is 3.52. The third-order valence-electron chi connectivity index (χ3n) is 3.98. The third kappa shape index (κ3) is 5.27.